The van der Waals surface area contributed by atoms with Crippen molar-refractivity contribution >= 4 is 29.0 Å². The Morgan fingerprint density at radius 2 is 2.29 bits per heavy atom. The first-order valence-corrected chi connectivity index (χ1v) is 9.64. The molecule has 1 N–H and O–H groups in total. The number of piperidine rings is 1. The Bertz CT molecular complexity index is 442. The minimum Gasteiger partial charge on any atom is -0.354 e. The number of aromatic nitrogens is 1. The number of hydrogen-bond acceptors (Lipinski definition) is 5. The minimum atomic E-state index is 0.136. The van der Waals surface area contributed by atoms with Crippen LogP contribution in [0.3, 0.4) is 0 Å². The number of thioether (sulfide) groups is 1. The van der Waals surface area contributed by atoms with E-state index >= 15 is 0 Å². The number of nitrogens with one attached hydrogen (secondary N) is 1. The monoisotopic (exact) mass is 327 g/mol. The predicted molar refractivity (Wildman–Crippen MR) is 90.9 cm³/mol. The average Bonchev–Trinajstić information content (AvgIpc) is 2.87. The molecule has 0 atom stereocenters. The van der Waals surface area contributed by atoms with E-state index in [9.17, 15) is 4.79 Å². The summed E-state index contributed by atoms with van der Waals surface area (Å²) in [7, 11) is 0. The van der Waals surface area contributed by atoms with Crippen LogP contribution < -0.4 is 5.32 Å². The maximum Gasteiger partial charge on any atom is 0.230 e. The molecule has 0 saturated carbocycles. The first kappa shape index (κ1) is 16.8. The molecule has 1 aliphatic rings. The van der Waals surface area contributed by atoms with Gasteiger partial charge in [0.25, 0.3) is 0 Å². The van der Waals surface area contributed by atoms with Gasteiger partial charge in [-0.1, -0.05) is 6.92 Å². The molecule has 1 saturated heterocycles. The molecule has 1 aliphatic heterocycles. The van der Waals surface area contributed by atoms with Gasteiger partial charge in [0, 0.05) is 24.2 Å². The van der Waals surface area contributed by atoms with Crippen LogP contribution in [0, 0.1) is 12.8 Å². The van der Waals surface area contributed by atoms with Crippen LogP contribution in [0.4, 0.5) is 0 Å². The molecule has 6 heteroatoms. The quantitative estimate of drug-likeness (QED) is 0.836. The second-order valence-electron chi connectivity index (χ2n) is 5.72. The molecular formula is C15H25N3OS2. The fourth-order valence-corrected chi connectivity index (χ4v) is 3.88. The van der Waals surface area contributed by atoms with Gasteiger partial charge in [-0.2, -0.15) is 0 Å². The summed E-state index contributed by atoms with van der Waals surface area (Å²) in [5.74, 6) is 2.34. The van der Waals surface area contributed by atoms with E-state index in [1.54, 1.807) is 23.1 Å². The average molecular weight is 328 g/mol. The number of aryl methyl sites for hydroxylation is 1. The summed E-state index contributed by atoms with van der Waals surface area (Å²) in [4.78, 5) is 18.6. The largest absolute Gasteiger partial charge is 0.354 e. The normalized spacial score (nSPS) is 17.0. The van der Waals surface area contributed by atoms with Crippen LogP contribution in [0.1, 0.15) is 30.5 Å². The second-order valence-corrected chi connectivity index (χ2v) is 7.77. The summed E-state index contributed by atoms with van der Waals surface area (Å²) >= 11 is 3.30. The highest BCUT2D eigenvalue weighted by Crippen LogP contribution is 2.16. The number of rotatable bonds is 7. The first-order chi connectivity index (χ1) is 10.1. The van der Waals surface area contributed by atoms with E-state index in [1.807, 2.05) is 6.92 Å². The van der Waals surface area contributed by atoms with E-state index in [0.717, 1.165) is 35.5 Å². The molecule has 21 heavy (non-hydrogen) atoms. The number of thiazole rings is 1. The van der Waals surface area contributed by atoms with Crippen molar-refractivity contribution in [2.75, 3.05) is 31.9 Å². The van der Waals surface area contributed by atoms with E-state index in [2.05, 4.69) is 27.5 Å². The molecule has 0 spiro atoms. The molecule has 0 aliphatic carbocycles. The maximum atomic E-state index is 11.8. The van der Waals surface area contributed by atoms with Crippen LogP contribution in [-0.4, -0.2) is 47.7 Å². The first-order valence-electron chi connectivity index (χ1n) is 7.61. The van der Waals surface area contributed by atoms with E-state index in [-0.39, 0.29) is 5.91 Å². The van der Waals surface area contributed by atoms with Crippen LogP contribution in [0.15, 0.2) is 5.38 Å². The molecule has 0 radical (unpaired) electrons. The summed E-state index contributed by atoms with van der Waals surface area (Å²) in [6.45, 7) is 8.43. The van der Waals surface area contributed by atoms with Crippen molar-refractivity contribution in [3.63, 3.8) is 0 Å². The van der Waals surface area contributed by atoms with Crippen molar-refractivity contribution in [2.24, 2.45) is 5.92 Å². The Morgan fingerprint density at radius 1 is 1.52 bits per heavy atom. The molecule has 0 unspecified atom stereocenters. The number of amides is 1. The molecule has 1 aromatic rings. The van der Waals surface area contributed by atoms with Crippen LogP contribution in [0.25, 0.3) is 0 Å². The molecule has 1 fully saturated rings. The van der Waals surface area contributed by atoms with Gasteiger partial charge in [-0.3, -0.25) is 4.79 Å². The maximum absolute atomic E-state index is 11.8. The van der Waals surface area contributed by atoms with Crippen LogP contribution in [0.5, 0.6) is 0 Å². The van der Waals surface area contributed by atoms with Gasteiger partial charge < -0.3 is 10.2 Å². The molecule has 1 aromatic heterocycles. The van der Waals surface area contributed by atoms with E-state index < -0.39 is 0 Å². The Kier molecular flexibility index (Phi) is 6.99. The predicted octanol–water partition coefficient (Wildman–Crippen LogP) is 2.53. The number of carbonyl (C=O) groups excluding carboxylic acids is 1. The molecule has 118 valence electrons. The van der Waals surface area contributed by atoms with Crippen LogP contribution in [-0.2, 0) is 10.5 Å². The third-order valence-electron chi connectivity index (χ3n) is 3.78. The third-order valence-corrected chi connectivity index (χ3v) is 5.56. The lowest BCUT2D eigenvalue weighted by Crippen LogP contribution is -2.39. The number of hydrogen-bond donors (Lipinski definition) is 1. The molecule has 0 aromatic carbocycles. The molecule has 1 amide bonds. The third kappa shape index (κ3) is 6.36. The smallest absolute Gasteiger partial charge is 0.230 e. The van der Waals surface area contributed by atoms with Gasteiger partial charge in [-0.05, 0) is 38.8 Å². The van der Waals surface area contributed by atoms with Crippen molar-refractivity contribution in [3.8, 4) is 0 Å². The van der Waals surface area contributed by atoms with Gasteiger partial charge >= 0.3 is 0 Å². The number of nitrogens with zero attached hydrogens (tertiary/aromatic N) is 2. The summed E-state index contributed by atoms with van der Waals surface area (Å²) in [6, 6.07) is 0. The zero-order valence-corrected chi connectivity index (χ0v) is 14.6. The van der Waals surface area contributed by atoms with Gasteiger partial charge in [-0.25, -0.2) is 4.98 Å². The molecule has 2 heterocycles. The highest BCUT2D eigenvalue weighted by atomic mass is 32.2. The summed E-state index contributed by atoms with van der Waals surface area (Å²) in [5.41, 5.74) is 1.08. The topological polar surface area (TPSA) is 45.2 Å². The van der Waals surface area contributed by atoms with Crippen molar-refractivity contribution in [1.82, 2.24) is 15.2 Å². The fourth-order valence-electron chi connectivity index (χ4n) is 2.41. The molecular weight excluding hydrogens is 302 g/mol. The lowest BCUT2D eigenvalue weighted by atomic mass is 9.99. The Morgan fingerprint density at radius 3 is 2.95 bits per heavy atom. The Balaban J connectivity index is 1.51. The fraction of sp³-hybridized carbons (Fsp3) is 0.733. The SMILES string of the molecule is Cc1nc(CSCC(=O)NCCN2CCC(C)CC2)cs1. The standard InChI is InChI=1S/C15H25N3OS2/c1-12-3-6-18(7-4-12)8-5-16-15(19)11-20-9-14-10-21-13(2)17-14/h10,12H,3-9,11H2,1-2H3,(H,16,19). The molecule has 0 bridgehead atoms. The van der Waals surface area contributed by atoms with Gasteiger partial charge in [0.2, 0.25) is 5.91 Å². The van der Waals surface area contributed by atoms with E-state index in [4.69, 9.17) is 0 Å². The van der Waals surface area contributed by atoms with Gasteiger partial charge in [0.15, 0.2) is 0 Å². The highest BCUT2D eigenvalue weighted by molar-refractivity contribution is 7.99. The van der Waals surface area contributed by atoms with Gasteiger partial charge in [-0.15, -0.1) is 23.1 Å². The summed E-state index contributed by atoms with van der Waals surface area (Å²) in [6.07, 6.45) is 2.58. The van der Waals surface area contributed by atoms with E-state index in [1.165, 1.54) is 25.9 Å². The molecule has 4 nitrogen and oxygen atoms in total. The van der Waals surface area contributed by atoms with E-state index in [0.29, 0.717) is 5.75 Å². The number of likely N-dealkylation sites (tertiary alicyclic amines) is 1. The van der Waals surface area contributed by atoms with Crippen LogP contribution in [0.2, 0.25) is 0 Å². The molecule has 2 rings (SSSR count). The van der Waals surface area contributed by atoms with Crippen molar-refractivity contribution in [2.45, 2.75) is 32.4 Å². The summed E-state index contributed by atoms with van der Waals surface area (Å²) < 4.78 is 0. The highest BCUT2D eigenvalue weighted by Gasteiger charge is 2.15. The summed E-state index contributed by atoms with van der Waals surface area (Å²) in [5, 5.41) is 6.17. The zero-order valence-electron chi connectivity index (χ0n) is 12.9. The minimum absolute atomic E-state index is 0.136. The van der Waals surface area contributed by atoms with Crippen LogP contribution >= 0.6 is 23.1 Å². The van der Waals surface area contributed by atoms with Crippen molar-refractivity contribution < 1.29 is 4.79 Å². The Hall–Kier alpha value is -0.590. The lowest BCUT2D eigenvalue weighted by molar-refractivity contribution is -0.118. The Labute approximate surface area is 135 Å². The number of carbonyl (C=O) groups is 1. The lowest BCUT2D eigenvalue weighted by Gasteiger charge is -2.30. The zero-order chi connectivity index (χ0) is 15.1. The second kappa shape index (κ2) is 8.76. The van der Waals surface area contributed by atoms with Gasteiger partial charge in [0.05, 0.1) is 16.5 Å². The van der Waals surface area contributed by atoms with Crippen molar-refractivity contribution in [1.29, 1.82) is 0 Å². The van der Waals surface area contributed by atoms with Crippen molar-refractivity contribution in [3.05, 3.63) is 16.1 Å². The van der Waals surface area contributed by atoms with Gasteiger partial charge in [0.1, 0.15) is 0 Å².